The molecule has 1 amide bonds. The van der Waals surface area contributed by atoms with Gasteiger partial charge in [0.05, 0.1) is 11.9 Å². The number of anilines is 1. The summed E-state index contributed by atoms with van der Waals surface area (Å²) >= 11 is 0. The van der Waals surface area contributed by atoms with Gasteiger partial charge < -0.3 is 10.4 Å². The maximum atomic E-state index is 10.6. The number of aromatic nitrogens is 1. The third kappa shape index (κ3) is 2.05. The molecule has 0 saturated carbocycles. The predicted molar refractivity (Wildman–Crippen MR) is 40.5 cm³/mol. The second-order valence-corrected chi connectivity index (χ2v) is 2.00. The quantitative estimate of drug-likeness (QED) is 0.580. The Morgan fingerprint density at radius 3 is 2.75 bits per heavy atom. The van der Waals surface area contributed by atoms with Crippen molar-refractivity contribution in [1.29, 1.82) is 0 Å². The highest BCUT2D eigenvalue weighted by Gasteiger charge is 2.10. The number of nitrogens with one attached hydrogen (secondary N) is 1. The minimum atomic E-state index is -1.51. The first-order valence-electron chi connectivity index (χ1n) is 3.14. The molecule has 0 bridgehead atoms. The summed E-state index contributed by atoms with van der Waals surface area (Å²) in [4.78, 5) is 24.3. The number of nitrogens with zero attached hydrogens (tertiary/aromatic N) is 1. The predicted octanol–water partition coefficient (Wildman–Crippen LogP) is 0.105. The van der Waals surface area contributed by atoms with Crippen LogP contribution >= 0.6 is 0 Å². The molecule has 0 spiro atoms. The van der Waals surface area contributed by atoms with Crippen LogP contribution in [0.2, 0.25) is 0 Å². The molecule has 0 radical (unpaired) electrons. The van der Waals surface area contributed by atoms with E-state index < -0.39 is 11.9 Å². The second-order valence-electron chi connectivity index (χ2n) is 2.00. The van der Waals surface area contributed by atoms with Crippen molar-refractivity contribution < 1.29 is 14.7 Å². The summed E-state index contributed by atoms with van der Waals surface area (Å²) in [5.74, 6) is -2.58. The van der Waals surface area contributed by atoms with Crippen LogP contribution in [-0.4, -0.2) is 22.0 Å². The Kier molecular flexibility index (Phi) is 2.37. The van der Waals surface area contributed by atoms with Crippen molar-refractivity contribution in [1.82, 2.24) is 4.98 Å². The van der Waals surface area contributed by atoms with Crippen molar-refractivity contribution in [2.45, 2.75) is 0 Å². The van der Waals surface area contributed by atoms with Crippen LogP contribution in [-0.2, 0) is 9.59 Å². The van der Waals surface area contributed by atoms with Crippen molar-refractivity contribution in [2.75, 3.05) is 5.32 Å². The van der Waals surface area contributed by atoms with Crippen LogP contribution < -0.4 is 5.32 Å². The molecule has 62 valence electrons. The maximum absolute atomic E-state index is 10.6. The van der Waals surface area contributed by atoms with Crippen molar-refractivity contribution in [3.05, 3.63) is 24.5 Å². The average molecular weight is 166 g/mol. The van der Waals surface area contributed by atoms with E-state index in [0.717, 1.165) is 0 Å². The van der Waals surface area contributed by atoms with E-state index in [2.05, 4.69) is 10.3 Å². The zero-order chi connectivity index (χ0) is 8.97. The molecule has 12 heavy (non-hydrogen) atoms. The van der Waals surface area contributed by atoms with E-state index in [4.69, 9.17) is 5.11 Å². The highest BCUT2D eigenvalue weighted by molar-refractivity contribution is 6.36. The van der Waals surface area contributed by atoms with Gasteiger partial charge in [-0.3, -0.25) is 9.78 Å². The molecule has 0 atom stereocenters. The third-order valence-electron chi connectivity index (χ3n) is 1.11. The molecule has 1 heterocycles. The molecule has 0 aromatic carbocycles. The molecule has 1 aromatic heterocycles. The van der Waals surface area contributed by atoms with E-state index in [9.17, 15) is 9.59 Å². The normalized spacial score (nSPS) is 9.00. The van der Waals surface area contributed by atoms with Gasteiger partial charge in [-0.2, -0.15) is 0 Å². The number of carboxylic acid groups (broad SMARTS) is 1. The molecule has 0 aliphatic carbocycles. The monoisotopic (exact) mass is 166 g/mol. The van der Waals surface area contributed by atoms with Gasteiger partial charge in [-0.1, -0.05) is 0 Å². The average Bonchev–Trinajstić information content (AvgIpc) is 2.06. The van der Waals surface area contributed by atoms with E-state index in [1.165, 1.54) is 12.4 Å². The van der Waals surface area contributed by atoms with Crippen LogP contribution in [0.25, 0.3) is 0 Å². The number of hydrogen-bond donors (Lipinski definition) is 2. The summed E-state index contributed by atoms with van der Waals surface area (Å²) < 4.78 is 0. The highest BCUT2D eigenvalue weighted by Crippen LogP contribution is 2.01. The summed E-state index contributed by atoms with van der Waals surface area (Å²) in [6.07, 6.45) is 2.89. The Labute approximate surface area is 68.0 Å². The highest BCUT2D eigenvalue weighted by atomic mass is 16.4. The van der Waals surface area contributed by atoms with Crippen molar-refractivity contribution in [3.8, 4) is 0 Å². The molecule has 0 saturated heterocycles. The van der Waals surface area contributed by atoms with Crippen LogP contribution in [0.5, 0.6) is 0 Å². The van der Waals surface area contributed by atoms with Gasteiger partial charge in [-0.25, -0.2) is 4.79 Å². The van der Waals surface area contributed by atoms with Crippen LogP contribution in [0, 0.1) is 0 Å². The van der Waals surface area contributed by atoms with Gasteiger partial charge in [0.25, 0.3) is 0 Å². The number of pyridine rings is 1. The lowest BCUT2D eigenvalue weighted by Crippen LogP contribution is -2.21. The van der Waals surface area contributed by atoms with E-state index in [-0.39, 0.29) is 0 Å². The van der Waals surface area contributed by atoms with Gasteiger partial charge in [0.2, 0.25) is 0 Å². The van der Waals surface area contributed by atoms with Crippen LogP contribution in [0.4, 0.5) is 5.69 Å². The first-order chi connectivity index (χ1) is 5.70. The topological polar surface area (TPSA) is 79.3 Å². The first kappa shape index (κ1) is 8.19. The van der Waals surface area contributed by atoms with Crippen molar-refractivity contribution >= 4 is 17.6 Å². The minimum absolute atomic E-state index is 0.366. The molecule has 1 aromatic rings. The summed E-state index contributed by atoms with van der Waals surface area (Å²) in [5, 5.41) is 10.4. The van der Waals surface area contributed by atoms with Gasteiger partial charge in [0.1, 0.15) is 0 Å². The fraction of sp³-hybridized carbons (Fsp3) is 0. The number of rotatable bonds is 1. The number of carbonyl (C=O) groups is 2. The summed E-state index contributed by atoms with van der Waals surface area (Å²) in [7, 11) is 0. The van der Waals surface area contributed by atoms with Gasteiger partial charge in [0, 0.05) is 6.20 Å². The Morgan fingerprint density at radius 1 is 1.50 bits per heavy atom. The van der Waals surface area contributed by atoms with Crippen LogP contribution in [0.15, 0.2) is 24.5 Å². The van der Waals surface area contributed by atoms with Gasteiger partial charge in [0.15, 0.2) is 0 Å². The minimum Gasteiger partial charge on any atom is -0.474 e. The lowest BCUT2D eigenvalue weighted by Gasteiger charge is -1.98. The van der Waals surface area contributed by atoms with Crippen molar-refractivity contribution in [3.63, 3.8) is 0 Å². The number of hydrogen-bond acceptors (Lipinski definition) is 3. The summed E-state index contributed by atoms with van der Waals surface area (Å²) in [5.41, 5.74) is 0.366. The molecule has 1 rings (SSSR count). The second kappa shape index (κ2) is 3.47. The fourth-order valence-corrected chi connectivity index (χ4v) is 0.621. The zero-order valence-corrected chi connectivity index (χ0v) is 6.02. The molecular formula is C7H6N2O3. The number of carboxylic acids is 1. The fourth-order valence-electron chi connectivity index (χ4n) is 0.621. The Hall–Kier alpha value is -1.91. The molecular weight excluding hydrogens is 160 g/mol. The SMILES string of the molecule is O=C(O)C(=O)Nc1cccnc1. The number of amides is 1. The smallest absolute Gasteiger partial charge is 0.394 e. The Morgan fingerprint density at radius 2 is 2.25 bits per heavy atom. The van der Waals surface area contributed by atoms with E-state index in [1.807, 2.05) is 0 Å². The molecule has 0 aliphatic heterocycles. The maximum Gasteiger partial charge on any atom is 0.394 e. The van der Waals surface area contributed by atoms with E-state index in [1.54, 1.807) is 12.1 Å². The van der Waals surface area contributed by atoms with Crippen LogP contribution in [0.3, 0.4) is 0 Å². The number of aliphatic carboxylic acids is 1. The third-order valence-corrected chi connectivity index (χ3v) is 1.11. The van der Waals surface area contributed by atoms with Gasteiger partial charge in [-0.05, 0) is 12.1 Å². The van der Waals surface area contributed by atoms with Crippen LogP contribution in [0.1, 0.15) is 0 Å². The Balaban J connectivity index is 2.65. The molecule has 0 aliphatic rings. The van der Waals surface area contributed by atoms with E-state index >= 15 is 0 Å². The molecule has 2 N–H and O–H groups in total. The molecule has 0 unspecified atom stereocenters. The molecule has 5 heteroatoms. The lowest BCUT2D eigenvalue weighted by molar-refractivity contribution is -0.147. The molecule has 5 nitrogen and oxygen atoms in total. The van der Waals surface area contributed by atoms with Gasteiger partial charge in [-0.15, -0.1) is 0 Å². The number of carbonyl (C=O) groups excluding carboxylic acids is 1. The van der Waals surface area contributed by atoms with E-state index in [0.29, 0.717) is 5.69 Å². The largest absolute Gasteiger partial charge is 0.474 e. The standard InChI is InChI=1S/C7H6N2O3/c10-6(7(11)12)9-5-2-1-3-8-4-5/h1-4H,(H,9,10)(H,11,12). The lowest BCUT2D eigenvalue weighted by atomic mass is 10.4. The first-order valence-corrected chi connectivity index (χ1v) is 3.14. The van der Waals surface area contributed by atoms with Crippen molar-refractivity contribution in [2.24, 2.45) is 0 Å². The zero-order valence-electron chi connectivity index (χ0n) is 6.02. The van der Waals surface area contributed by atoms with Gasteiger partial charge >= 0.3 is 11.9 Å². The summed E-state index contributed by atoms with van der Waals surface area (Å²) in [6, 6.07) is 3.14. The Bertz CT molecular complexity index is 297. The molecule has 0 fully saturated rings. The summed E-state index contributed by atoms with van der Waals surface area (Å²) in [6.45, 7) is 0.